The molecule has 1 aliphatic heterocycles. The second-order valence-corrected chi connectivity index (χ2v) is 9.43. The van der Waals surface area contributed by atoms with Gasteiger partial charge >= 0.3 is 0 Å². The van der Waals surface area contributed by atoms with Crippen LogP contribution in [0.25, 0.3) is 11.0 Å². The van der Waals surface area contributed by atoms with Crippen LogP contribution in [0.5, 0.6) is 0 Å². The van der Waals surface area contributed by atoms with Crippen molar-refractivity contribution in [2.24, 2.45) is 0 Å². The predicted octanol–water partition coefficient (Wildman–Crippen LogP) is 3.33. The number of rotatable bonds is 4. The van der Waals surface area contributed by atoms with E-state index >= 15 is 0 Å². The van der Waals surface area contributed by atoms with Gasteiger partial charge in [0.15, 0.2) is 11.3 Å². The number of carbonyl (C=O) groups excluding carboxylic acids is 1. The fourth-order valence-corrected chi connectivity index (χ4v) is 5.16. The highest BCUT2D eigenvalue weighted by Gasteiger charge is 2.30. The quantitative estimate of drug-likeness (QED) is 0.664. The molecule has 0 radical (unpaired) electrons. The molecule has 1 N–H and O–H groups in total. The third-order valence-electron chi connectivity index (χ3n) is 5.60. The molecule has 31 heavy (non-hydrogen) atoms. The molecule has 0 atom stereocenters. The summed E-state index contributed by atoms with van der Waals surface area (Å²) >= 11 is 0. The molecule has 1 saturated heterocycles. The van der Waals surface area contributed by atoms with Crippen LogP contribution in [-0.2, 0) is 14.8 Å². The first-order valence-electron chi connectivity index (χ1n) is 10.0. The molecule has 0 aliphatic carbocycles. The molecular formula is C22H25N3O5S. The lowest BCUT2D eigenvalue weighted by Crippen LogP contribution is -2.40. The maximum absolute atomic E-state index is 13.3. The number of carbonyl (C=O) groups is 1. The summed E-state index contributed by atoms with van der Waals surface area (Å²) in [5.41, 5.74) is 3.08. The lowest BCUT2D eigenvalue weighted by molar-refractivity contribution is 0.0283. The Hall–Kier alpha value is -2.91. The van der Waals surface area contributed by atoms with E-state index < -0.39 is 10.0 Å². The minimum atomic E-state index is -4.01. The Balaban J connectivity index is 1.83. The van der Waals surface area contributed by atoms with E-state index in [1.165, 1.54) is 0 Å². The number of aromatic nitrogens is 1. The maximum Gasteiger partial charge on any atom is 0.290 e. The molecule has 4 rings (SSSR count). The Morgan fingerprint density at radius 1 is 1.10 bits per heavy atom. The van der Waals surface area contributed by atoms with Crippen molar-refractivity contribution in [2.45, 2.75) is 32.6 Å². The zero-order valence-corrected chi connectivity index (χ0v) is 18.8. The van der Waals surface area contributed by atoms with E-state index in [0.717, 1.165) is 11.1 Å². The first kappa shape index (κ1) is 21.3. The number of pyridine rings is 1. The van der Waals surface area contributed by atoms with Crippen LogP contribution in [0.3, 0.4) is 0 Å². The number of fused-ring (bicyclic) bond motifs is 1. The zero-order chi connectivity index (χ0) is 22.3. The molecular weight excluding hydrogens is 418 g/mol. The SMILES string of the molecule is Cc1ccc(NS(=O)(=O)c2c(C)c(C)cc3c(C)c(C(=O)N4CCOCC4)oc23)nc1. The number of morpholine rings is 1. The van der Waals surface area contributed by atoms with Crippen LogP contribution in [-0.4, -0.2) is 50.5 Å². The van der Waals surface area contributed by atoms with Gasteiger partial charge in [-0.2, -0.15) is 0 Å². The van der Waals surface area contributed by atoms with E-state index in [1.54, 1.807) is 37.1 Å². The Morgan fingerprint density at radius 3 is 2.45 bits per heavy atom. The van der Waals surface area contributed by atoms with Crippen LogP contribution in [0, 0.1) is 27.7 Å². The molecule has 8 nitrogen and oxygen atoms in total. The summed E-state index contributed by atoms with van der Waals surface area (Å²) in [7, 11) is -4.01. The highest BCUT2D eigenvalue weighted by atomic mass is 32.2. The lowest BCUT2D eigenvalue weighted by atomic mass is 10.0. The third kappa shape index (κ3) is 3.90. The van der Waals surface area contributed by atoms with Crippen LogP contribution >= 0.6 is 0 Å². The predicted molar refractivity (Wildman–Crippen MR) is 117 cm³/mol. The molecule has 164 valence electrons. The monoisotopic (exact) mass is 443 g/mol. The molecule has 0 unspecified atom stereocenters. The summed E-state index contributed by atoms with van der Waals surface area (Å²) in [5.74, 6) is 0.114. The summed E-state index contributed by atoms with van der Waals surface area (Å²) in [6.45, 7) is 9.10. The number of hydrogen-bond donors (Lipinski definition) is 1. The van der Waals surface area contributed by atoms with Crippen molar-refractivity contribution in [3.8, 4) is 0 Å². The van der Waals surface area contributed by atoms with Crippen LogP contribution < -0.4 is 4.72 Å². The molecule has 0 saturated carbocycles. The molecule has 0 spiro atoms. The Morgan fingerprint density at radius 2 is 1.81 bits per heavy atom. The van der Waals surface area contributed by atoms with Gasteiger partial charge in [0.1, 0.15) is 10.7 Å². The van der Waals surface area contributed by atoms with E-state index in [9.17, 15) is 13.2 Å². The standard InChI is InChI=1S/C22H25N3O5S/c1-13-5-6-18(23-12-13)24-31(27,28)21-15(3)14(2)11-17-16(4)19(30-20(17)21)22(26)25-7-9-29-10-8-25/h5-6,11-12H,7-10H2,1-4H3,(H,23,24). The van der Waals surface area contributed by atoms with Crippen LogP contribution in [0.4, 0.5) is 5.82 Å². The molecule has 3 aromatic rings. The van der Waals surface area contributed by atoms with Gasteiger partial charge in [0, 0.05) is 30.2 Å². The van der Waals surface area contributed by atoms with E-state index in [1.807, 2.05) is 19.9 Å². The number of nitrogens with zero attached hydrogens (tertiary/aromatic N) is 2. The average Bonchev–Trinajstić information content (AvgIpc) is 3.06. The first-order chi connectivity index (χ1) is 14.7. The van der Waals surface area contributed by atoms with Gasteiger partial charge in [0.25, 0.3) is 15.9 Å². The molecule has 1 amide bonds. The molecule has 1 aromatic carbocycles. The molecule has 2 aromatic heterocycles. The second-order valence-electron chi connectivity index (χ2n) is 7.81. The normalized spacial score (nSPS) is 14.8. The summed E-state index contributed by atoms with van der Waals surface area (Å²) in [5, 5.41) is 0.608. The number of benzene rings is 1. The Labute approximate surface area is 181 Å². The van der Waals surface area contributed by atoms with Gasteiger partial charge in [-0.15, -0.1) is 0 Å². The lowest BCUT2D eigenvalue weighted by Gasteiger charge is -2.26. The summed E-state index contributed by atoms with van der Waals surface area (Å²) < 4.78 is 40.5. The number of sulfonamides is 1. The van der Waals surface area contributed by atoms with E-state index in [-0.39, 0.29) is 28.0 Å². The van der Waals surface area contributed by atoms with Crippen molar-refractivity contribution in [3.05, 3.63) is 52.4 Å². The van der Waals surface area contributed by atoms with Crippen molar-refractivity contribution in [3.63, 3.8) is 0 Å². The fraction of sp³-hybridized carbons (Fsp3) is 0.364. The smallest absolute Gasteiger partial charge is 0.290 e. The van der Waals surface area contributed by atoms with Gasteiger partial charge in [0.2, 0.25) is 0 Å². The second kappa shape index (κ2) is 7.97. The van der Waals surface area contributed by atoms with Gasteiger partial charge in [0.05, 0.1) is 13.2 Å². The number of anilines is 1. The fourth-order valence-electron chi connectivity index (χ4n) is 3.70. The van der Waals surface area contributed by atoms with E-state index in [0.29, 0.717) is 42.8 Å². The van der Waals surface area contributed by atoms with Gasteiger partial charge in [-0.1, -0.05) is 6.07 Å². The molecule has 0 bridgehead atoms. The average molecular weight is 444 g/mol. The number of aryl methyl sites for hydroxylation is 3. The van der Waals surface area contributed by atoms with Crippen molar-refractivity contribution in [1.82, 2.24) is 9.88 Å². The number of ether oxygens (including phenoxy) is 1. The third-order valence-corrected chi connectivity index (χ3v) is 7.11. The van der Waals surface area contributed by atoms with Crippen LogP contribution in [0.1, 0.15) is 32.8 Å². The largest absolute Gasteiger partial charge is 0.449 e. The minimum absolute atomic E-state index is 0.0222. The number of hydrogen-bond acceptors (Lipinski definition) is 6. The molecule has 9 heteroatoms. The van der Waals surface area contributed by atoms with Crippen molar-refractivity contribution in [2.75, 3.05) is 31.0 Å². The van der Waals surface area contributed by atoms with E-state index in [2.05, 4.69) is 9.71 Å². The van der Waals surface area contributed by atoms with Crippen LogP contribution in [0.15, 0.2) is 33.7 Å². The van der Waals surface area contributed by atoms with E-state index in [4.69, 9.17) is 9.15 Å². The molecule has 1 aliphatic rings. The topological polar surface area (TPSA) is 102 Å². The summed E-state index contributed by atoms with van der Waals surface area (Å²) in [4.78, 5) is 18.9. The zero-order valence-electron chi connectivity index (χ0n) is 18.0. The Kier molecular flexibility index (Phi) is 5.49. The van der Waals surface area contributed by atoms with Gasteiger partial charge < -0.3 is 14.1 Å². The van der Waals surface area contributed by atoms with Crippen LogP contribution in [0.2, 0.25) is 0 Å². The maximum atomic E-state index is 13.3. The molecule has 3 heterocycles. The summed E-state index contributed by atoms with van der Waals surface area (Å²) in [6, 6.07) is 5.25. The van der Waals surface area contributed by atoms with Crippen molar-refractivity contribution < 1.29 is 22.4 Å². The van der Waals surface area contributed by atoms with Gasteiger partial charge in [-0.05, 0) is 56.5 Å². The highest BCUT2D eigenvalue weighted by Crippen LogP contribution is 2.36. The van der Waals surface area contributed by atoms with Crippen molar-refractivity contribution in [1.29, 1.82) is 0 Å². The van der Waals surface area contributed by atoms with Gasteiger partial charge in [-0.25, -0.2) is 13.4 Å². The minimum Gasteiger partial charge on any atom is -0.449 e. The summed E-state index contributed by atoms with van der Waals surface area (Å²) in [6.07, 6.45) is 1.59. The van der Waals surface area contributed by atoms with Crippen molar-refractivity contribution >= 4 is 32.7 Å². The number of furan rings is 1. The number of amides is 1. The Bertz CT molecular complexity index is 1260. The van der Waals surface area contributed by atoms with Gasteiger partial charge in [-0.3, -0.25) is 9.52 Å². The first-order valence-corrected chi connectivity index (χ1v) is 11.5. The highest BCUT2D eigenvalue weighted by molar-refractivity contribution is 7.93. The molecule has 1 fully saturated rings. The number of nitrogens with one attached hydrogen (secondary N) is 1.